The van der Waals surface area contributed by atoms with Crippen molar-refractivity contribution in [1.29, 1.82) is 0 Å². The normalized spacial score (nSPS) is 11.8. The van der Waals surface area contributed by atoms with E-state index in [1.165, 1.54) is 0 Å². The standard InChI is InChI=1S/C7H8F2O3Si/c1-12-13(10,11)7-3-5(8)2-6(9)4-7/h2-4,10-11H,1H3. The molecule has 0 radical (unpaired) electrons. The van der Waals surface area contributed by atoms with Crippen molar-refractivity contribution in [3.8, 4) is 0 Å². The zero-order valence-electron chi connectivity index (χ0n) is 6.79. The highest BCUT2D eigenvalue weighted by Crippen LogP contribution is 2.03. The summed E-state index contributed by atoms with van der Waals surface area (Å²) in [5.74, 6) is -1.74. The molecule has 1 aromatic rings. The van der Waals surface area contributed by atoms with Crippen molar-refractivity contribution in [2.75, 3.05) is 7.11 Å². The van der Waals surface area contributed by atoms with Crippen molar-refractivity contribution in [3.05, 3.63) is 29.8 Å². The number of rotatable bonds is 2. The van der Waals surface area contributed by atoms with Crippen LogP contribution in [0.3, 0.4) is 0 Å². The van der Waals surface area contributed by atoms with Crippen LogP contribution in [0.5, 0.6) is 0 Å². The van der Waals surface area contributed by atoms with E-state index in [0.717, 1.165) is 19.2 Å². The van der Waals surface area contributed by atoms with E-state index in [1.807, 2.05) is 0 Å². The van der Waals surface area contributed by atoms with Gasteiger partial charge in [0.15, 0.2) is 0 Å². The Hall–Kier alpha value is -0.823. The summed E-state index contributed by atoms with van der Waals surface area (Å²) < 4.78 is 29.5. The van der Waals surface area contributed by atoms with Crippen LogP contribution in [0.1, 0.15) is 0 Å². The van der Waals surface area contributed by atoms with Crippen LogP contribution in [-0.2, 0) is 4.43 Å². The molecule has 0 aromatic heterocycles. The van der Waals surface area contributed by atoms with Crippen LogP contribution < -0.4 is 5.19 Å². The molecule has 72 valence electrons. The Kier molecular flexibility index (Phi) is 2.76. The van der Waals surface area contributed by atoms with E-state index in [-0.39, 0.29) is 5.19 Å². The molecule has 0 fully saturated rings. The zero-order chi connectivity index (χ0) is 10.1. The molecule has 6 heteroatoms. The maximum Gasteiger partial charge on any atom is 0.531 e. The second-order valence-electron chi connectivity index (χ2n) is 2.47. The van der Waals surface area contributed by atoms with Gasteiger partial charge in [-0.05, 0) is 12.1 Å². The van der Waals surface area contributed by atoms with Crippen LogP contribution in [0.25, 0.3) is 0 Å². The molecule has 1 aromatic carbocycles. The van der Waals surface area contributed by atoms with Gasteiger partial charge in [-0.2, -0.15) is 0 Å². The number of hydrogen-bond acceptors (Lipinski definition) is 3. The first kappa shape index (κ1) is 10.3. The molecule has 0 spiro atoms. The van der Waals surface area contributed by atoms with Crippen molar-refractivity contribution in [2.24, 2.45) is 0 Å². The largest absolute Gasteiger partial charge is 0.531 e. The molecule has 0 atom stereocenters. The SMILES string of the molecule is CO[Si](O)(O)c1cc(F)cc(F)c1. The van der Waals surface area contributed by atoms with E-state index in [0.29, 0.717) is 6.07 Å². The van der Waals surface area contributed by atoms with Gasteiger partial charge in [0.25, 0.3) is 0 Å². The van der Waals surface area contributed by atoms with Gasteiger partial charge in [0.2, 0.25) is 0 Å². The topological polar surface area (TPSA) is 49.7 Å². The Balaban J connectivity index is 3.15. The molecule has 0 heterocycles. The minimum Gasteiger partial charge on any atom is -0.386 e. The van der Waals surface area contributed by atoms with Crippen molar-refractivity contribution in [1.82, 2.24) is 0 Å². The molecule has 0 amide bonds. The lowest BCUT2D eigenvalue weighted by atomic mass is 10.3. The molecule has 2 N–H and O–H groups in total. The predicted octanol–water partition coefficient (Wildman–Crippen LogP) is -0.258. The minimum absolute atomic E-state index is 0.257. The van der Waals surface area contributed by atoms with Gasteiger partial charge in [0.1, 0.15) is 11.6 Å². The van der Waals surface area contributed by atoms with E-state index in [2.05, 4.69) is 4.43 Å². The first-order chi connectivity index (χ1) is 5.95. The van der Waals surface area contributed by atoms with Crippen molar-refractivity contribution in [2.45, 2.75) is 0 Å². The van der Waals surface area contributed by atoms with Crippen molar-refractivity contribution >= 4 is 14.0 Å². The maximum atomic E-state index is 12.6. The molecular weight excluding hydrogens is 198 g/mol. The van der Waals surface area contributed by atoms with Gasteiger partial charge in [0.05, 0.1) is 0 Å². The average Bonchev–Trinajstić information content (AvgIpc) is 2.02. The van der Waals surface area contributed by atoms with Gasteiger partial charge < -0.3 is 14.0 Å². The van der Waals surface area contributed by atoms with Crippen LogP contribution in [0.4, 0.5) is 8.78 Å². The van der Waals surface area contributed by atoms with Crippen molar-refractivity contribution in [3.63, 3.8) is 0 Å². The lowest BCUT2D eigenvalue weighted by Gasteiger charge is -2.14. The summed E-state index contributed by atoms with van der Waals surface area (Å²) in [7, 11) is -3.03. The third-order valence-electron chi connectivity index (χ3n) is 1.52. The van der Waals surface area contributed by atoms with Crippen molar-refractivity contribution < 1.29 is 22.8 Å². The van der Waals surface area contributed by atoms with Gasteiger partial charge >= 0.3 is 8.80 Å². The van der Waals surface area contributed by atoms with Crippen LogP contribution in [-0.4, -0.2) is 25.5 Å². The fourth-order valence-electron chi connectivity index (χ4n) is 0.860. The van der Waals surface area contributed by atoms with E-state index in [1.54, 1.807) is 0 Å². The summed E-state index contributed by atoms with van der Waals surface area (Å²) in [6.45, 7) is 0. The predicted molar refractivity (Wildman–Crippen MR) is 43.2 cm³/mol. The number of benzene rings is 1. The Morgan fingerprint density at radius 2 is 1.62 bits per heavy atom. The Bertz CT molecular complexity index is 296. The summed E-state index contributed by atoms with van der Waals surface area (Å²) in [5.41, 5.74) is 0. The molecular formula is C7H8F2O3Si. The summed E-state index contributed by atoms with van der Waals surface area (Å²) in [4.78, 5) is 18.4. The number of hydrogen-bond donors (Lipinski definition) is 2. The Morgan fingerprint density at radius 1 is 1.15 bits per heavy atom. The molecule has 1 rings (SSSR count). The number of halogens is 2. The van der Waals surface area contributed by atoms with E-state index in [9.17, 15) is 18.4 Å². The average molecular weight is 206 g/mol. The monoisotopic (exact) mass is 206 g/mol. The van der Waals surface area contributed by atoms with Gasteiger partial charge in [0, 0.05) is 18.4 Å². The van der Waals surface area contributed by atoms with E-state index in [4.69, 9.17) is 0 Å². The first-order valence-electron chi connectivity index (χ1n) is 3.42. The quantitative estimate of drug-likeness (QED) is 0.656. The summed E-state index contributed by atoms with van der Waals surface area (Å²) in [6.07, 6.45) is 0. The highest BCUT2D eigenvalue weighted by molar-refractivity contribution is 6.72. The molecule has 0 unspecified atom stereocenters. The van der Waals surface area contributed by atoms with Gasteiger partial charge in [-0.3, -0.25) is 0 Å². The van der Waals surface area contributed by atoms with E-state index < -0.39 is 20.4 Å². The van der Waals surface area contributed by atoms with Gasteiger partial charge in [-0.15, -0.1) is 0 Å². The second kappa shape index (κ2) is 3.50. The summed E-state index contributed by atoms with van der Waals surface area (Å²) >= 11 is 0. The highest BCUT2D eigenvalue weighted by atomic mass is 28.4. The third kappa shape index (κ3) is 2.31. The van der Waals surface area contributed by atoms with Crippen LogP contribution in [0.15, 0.2) is 18.2 Å². The fraction of sp³-hybridized carbons (Fsp3) is 0.143. The minimum atomic E-state index is -4.10. The molecule has 0 saturated heterocycles. The summed E-state index contributed by atoms with van der Waals surface area (Å²) in [6, 6.07) is 2.31. The maximum absolute atomic E-state index is 12.6. The van der Waals surface area contributed by atoms with Crippen LogP contribution in [0.2, 0.25) is 0 Å². The third-order valence-corrected chi connectivity index (χ3v) is 3.13. The Morgan fingerprint density at radius 3 is 2.00 bits per heavy atom. The lowest BCUT2D eigenvalue weighted by molar-refractivity contribution is 0.203. The molecule has 0 aliphatic carbocycles. The van der Waals surface area contributed by atoms with E-state index >= 15 is 0 Å². The molecule has 0 saturated carbocycles. The smallest absolute Gasteiger partial charge is 0.386 e. The Labute approximate surface area is 74.6 Å². The molecule has 0 aliphatic rings. The zero-order valence-corrected chi connectivity index (χ0v) is 7.79. The fourth-order valence-corrected chi connectivity index (χ4v) is 1.75. The van der Waals surface area contributed by atoms with Crippen LogP contribution >= 0.6 is 0 Å². The molecule has 3 nitrogen and oxygen atoms in total. The second-order valence-corrected chi connectivity index (χ2v) is 4.67. The van der Waals surface area contributed by atoms with Crippen LogP contribution in [0, 0.1) is 11.6 Å². The molecule has 0 bridgehead atoms. The molecule has 0 aliphatic heterocycles. The molecule has 13 heavy (non-hydrogen) atoms. The van der Waals surface area contributed by atoms with Gasteiger partial charge in [-0.1, -0.05) is 0 Å². The first-order valence-corrected chi connectivity index (χ1v) is 5.22. The van der Waals surface area contributed by atoms with Gasteiger partial charge in [-0.25, -0.2) is 8.78 Å². The highest BCUT2D eigenvalue weighted by Gasteiger charge is 2.34. The lowest BCUT2D eigenvalue weighted by Crippen LogP contribution is -2.51. The summed E-state index contributed by atoms with van der Waals surface area (Å²) in [5, 5.41) is -0.257.